The van der Waals surface area contributed by atoms with E-state index in [2.05, 4.69) is 10.1 Å². The molecule has 0 N–H and O–H groups in total. The van der Waals surface area contributed by atoms with Crippen molar-refractivity contribution in [2.75, 3.05) is 0 Å². The fourth-order valence-electron chi connectivity index (χ4n) is 1.41. The zero-order valence-corrected chi connectivity index (χ0v) is 9.71. The summed E-state index contributed by atoms with van der Waals surface area (Å²) in [7, 11) is 0. The molecule has 0 amide bonds. The first-order chi connectivity index (χ1) is 8.34. The lowest BCUT2D eigenvalue weighted by Gasteiger charge is -1.98. The number of aryl methyl sites for hydroxylation is 1. The predicted molar refractivity (Wildman–Crippen MR) is 67.8 cm³/mol. The van der Waals surface area contributed by atoms with Crippen LogP contribution in [0.2, 0.25) is 0 Å². The minimum atomic E-state index is 0.475. The molecule has 1 aromatic carbocycles. The summed E-state index contributed by atoms with van der Waals surface area (Å²) in [6, 6.07) is 15.7. The van der Waals surface area contributed by atoms with Crippen molar-refractivity contribution in [2.24, 2.45) is 5.16 Å². The van der Waals surface area contributed by atoms with E-state index in [1.54, 1.807) is 6.21 Å². The van der Waals surface area contributed by atoms with Gasteiger partial charge < -0.3 is 4.84 Å². The molecular weight excluding hydrogens is 212 g/mol. The highest BCUT2D eigenvalue weighted by Gasteiger charge is 1.91. The Morgan fingerprint density at radius 1 is 1.12 bits per heavy atom. The van der Waals surface area contributed by atoms with E-state index in [0.717, 1.165) is 17.0 Å². The van der Waals surface area contributed by atoms with Crippen LogP contribution in [0.3, 0.4) is 0 Å². The van der Waals surface area contributed by atoms with Gasteiger partial charge in [0.25, 0.3) is 0 Å². The molecule has 17 heavy (non-hydrogen) atoms. The van der Waals surface area contributed by atoms with Gasteiger partial charge in [-0.25, -0.2) is 0 Å². The van der Waals surface area contributed by atoms with E-state index in [1.165, 1.54) is 0 Å². The topological polar surface area (TPSA) is 34.5 Å². The molecule has 3 heteroatoms. The normalized spacial score (nSPS) is 10.6. The number of nitrogens with zero attached hydrogens (tertiary/aromatic N) is 2. The molecule has 0 bridgehead atoms. The first-order valence-corrected chi connectivity index (χ1v) is 5.47. The van der Waals surface area contributed by atoms with Gasteiger partial charge in [-0.2, -0.15) is 0 Å². The molecule has 0 saturated heterocycles. The lowest BCUT2D eigenvalue weighted by molar-refractivity contribution is 0.132. The molecule has 2 rings (SSSR count). The van der Waals surface area contributed by atoms with E-state index in [9.17, 15) is 0 Å². The number of hydrogen-bond donors (Lipinski definition) is 0. The van der Waals surface area contributed by atoms with Crippen molar-refractivity contribution in [3.05, 3.63) is 65.5 Å². The van der Waals surface area contributed by atoms with Crippen LogP contribution in [-0.4, -0.2) is 11.2 Å². The molecule has 0 fully saturated rings. The lowest BCUT2D eigenvalue weighted by atomic mass is 10.2. The third kappa shape index (κ3) is 3.72. The zero-order valence-electron chi connectivity index (χ0n) is 9.71. The van der Waals surface area contributed by atoms with E-state index >= 15 is 0 Å². The third-order valence-electron chi connectivity index (χ3n) is 2.24. The molecule has 86 valence electrons. The maximum Gasteiger partial charge on any atom is 0.142 e. The Balaban J connectivity index is 1.86. The van der Waals surface area contributed by atoms with Gasteiger partial charge in [0, 0.05) is 5.69 Å². The Bertz CT molecular complexity index is 495. The summed E-state index contributed by atoms with van der Waals surface area (Å²) in [4.78, 5) is 9.48. The van der Waals surface area contributed by atoms with E-state index in [1.807, 2.05) is 55.5 Å². The molecule has 0 unspecified atom stereocenters. The van der Waals surface area contributed by atoms with Gasteiger partial charge in [-0.3, -0.25) is 4.98 Å². The molecule has 0 aliphatic rings. The van der Waals surface area contributed by atoms with Crippen molar-refractivity contribution >= 4 is 6.21 Å². The van der Waals surface area contributed by atoms with Gasteiger partial charge in [-0.15, -0.1) is 0 Å². The van der Waals surface area contributed by atoms with E-state index < -0.39 is 0 Å². The van der Waals surface area contributed by atoms with Gasteiger partial charge >= 0.3 is 0 Å². The largest absolute Gasteiger partial charge is 0.391 e. The number of oxime groups is 1. The minimum Gasteiger partial charge on any atom is -0.391 e. The van der Waals surface area contributed by atoms with Gasteiger partial charge in [0.1, 0.15) is 6.61 Å². The van der Waals surface area contributed by atoms with Gasteiger partial charge in [-0.1, -0.05) is 41.6 Å². The average molecular weight is 226 g/mol. The predicted octanol–water partition coefficient (Wildman–Crippen LogP) is 2.94. The van der Waals surface area contributed by atoms with E-state index in [0.29, 0.717) is 6.61 Å². The number of aromatic nitrogens is 1. The molecule has 3 nitrogen and oxygen atoms in total. The van der Waals surface area contributed by atoms with Crippen LogP contribution in [0.15, 0.2) is 53.7 Å². The monoisotopic (exact) mass is 226 g/mol. The highest BCUT2D eigenvalue weighted by molar-refractivity contribution is 5.76. The zero-order chi connectivity index (χ0) is 11.9. The summed E-state index contributed by atoms with van der Waals surface area (Å²) < 4.78 is 0. The van der Waals surface area contributed by atoms with Gasteiger partial charge in [0.2, 0.25) is 0 Å². The summed E-state index contributed by atoms with van der Waals surface area (Å²) in [5.74, 6) is 0. The lowest BCUT2D eigenvalue weighted by Crippen LogP contribution is -1.91. The highest BCUT2D eigenvalue weighted by atomic mass is 16.6. The highest BCUT2D eigenvalue weighted by Crippen LogP contribution is 2.01. The SMILES string of the molecule is Cc1cccc(/C=N/OCc2ccccc2)n1. The fourth-order valence-corrected chi connectivity index (χ4v) is 1.41. The summed E-state index contributed by atoms with van der Waals surface area (Å²) in [6.45, 7) is 2.42. The Morgan fingerprint density at radius 3 is 2.71 bits per heavy atom. The van der Waals surface area contributed by atoms with Crippen LogP contribution >= 0.6 is 0 Å². The Hall–Kier alpha value is -2.16. The summed E-state index contributed by atoms with van der Waals surface area (Å²) in [5.41, 5.74) is 2.87. The van der Waals surface area contributed by atoms with Crippen molar-refractivity contribution in [3.63, 3.8) is 0 Å². The van der Waals surface area contributed by atoms with Crippen LogP contribution in [0.4, 0.5) is 0 Å². The molecule has 0 aliphatic carbocycles. The van der Waals surface area contributed by atoms with Gasteiger partial charge in [-0.05, 0) is 24.6 Å². The summed E-state index contributed by atoms with van der Waals surface area (Å²) in [6.07, 6.45) is 1.62. The van der Waals surface area contributed by atoms with Crippen LogP contribution in [-0.2, 0) is 11.4 Å². The van der Waals surface area contributed by atoms with Crippen LogP contribution < -0.4 is 0 Å². The van der Waals surface area contributed by atoms with Gasteiger partial charge in [0.15, 0.2) is 0 Å². The fraction of sp³-hybridized carbons (Fsp3) is 0.143. The van der Waals surface area contributed by atoms with Crippen molar-refractivity contribution in [2.45, 2.75) is 13.5 Å². The Labute approximate surface area is 101 Å². The third-order valence-corrected chi connectivity index (χ3v) is 2.24. The molecule has 0 saturated carbocycles. The van der Waals surface area contributed by atoms with Crippen LogP contribution in [0, 0.1) is 6.92 Å². The summed E-state index contributed by atoms with van der Waals surface area (Å²) in [5, 5.41) is 3.89. The molecule has 0 aliphatic heterocycles. The smallest absolute Gasteiger partial charge is 0.142 e. The second-order valence-electron chi connectivity index (χ2n) is 3.70. The Kier molecular flexibility index (Phi) is 3.86. The van der Waals surface area contributed by atoms with Crippen molar-refractivity contribution in [1.82, 2.24) is 4.98 Å². The van der Waals surface area contributed by atoms with Crippen molar-refractivity contribution in [3.8, 4) is 0 Å². The molecular formula is C14H14N2O. The van der Waals surface area contributed by atoms with Crippen LogP contribution in [0.25, 0.3) is 0 Å². The Morgan fingerprint density at radius 2 is 1.94 bits per heavy atom. The summed E-state index contributed by atoms with van der Waals surface area (Å²) >= 11 is 0. The number of pyridine rings is 1. The molecule has 0 spiro atoms. The minimum absolute atomic E-state index is 0.475. The molecule has 2 aromatic rings. The first kappa shape index (κ1) is 11.3. The van der Waals surface area contributed by atoms with Gasteiger partial charge in [0.05, 0.1) is 11.9 Å². The quantitative estimate of drug-likeness (QED) is 0.593. The standard InChI is InChI=1S/C14H14N2O/c1-12-6-5-9-14(16-12)10-15-17-11-13-7-3-2-4-8-13/h2-10H,11H2,1H3/b15-10+. The van der Waals surface area contributed by atoms with Crippen molar-refractivity contribution in [1.29, 1.82) is 0 Å². The first-order valence-electron chi connectivity index (χ1n) is 5.47. The number of rotatable bonds is 4. The molecule has 0 atom stereocenters. The number of hydrogen-bond acceptors (Lipinski definition) is 3. The average Bonchev–Trinajstić information content (AvgIpc) is 2.36. The second kappa shape index (κ2) is 5.80. The van der Waals surface area contributed by atoms with Crippen molar-refractivity contribution < 1.29 is 4.84 Å². The van der Waals surface area contributed by atoms with E-state index in [-0.39, 0.29) is 0 Å². The van der Waals surface area contributed by atoms with Crippen LogP contribution in [0.1, 0.15) is 17.0 Å². The van der Waals surface area contributed by atoms with Crippen LogP contribution in [0.5, 0.6) is 0 Å². The maximum absolute atomic E-state index is 5.19. The maximum atomic E-state index is 5.19. The molecule has 1 heterocycles. The van der Waals surface area contributed by atoms with E-state index in [4.69, 9.17) is 4.84 Å². The molecule has 0 radical (unpaired) electrons. The molecule has 1 aromatic heterocycles. The second-order valence-corrected chi connectivity index (χ2v) is 3.70. The number of benzene rings is 1.